The van der Waals surface area contributed by atoms with Gasteiger partial charge in [0.2, 0.25) is 0 Å². The second-order valence-corrected chi connectivity index (χ2v) is 5.14. The van der Waals surface area contributed by atoms with Crippen molar-refractivity contribution in [3.8, 4) is 0 Å². The smallest absolute Gasteiger partial charge is 0.237 e. The highest BCUT2D eigenvalue weighted by atomic mass is 19.4. The van der Waals surface area contributed by atoms with Crippen molar-refractivity contribution < 1.29 is 49.0 Å². The Balaban J connectivity index is 3.62. The number of benzene rings is 1. The summed E-state index contributed by atoms with van der Waals surface area (Å²) in [6.07, 6.45) is -14.0. The third-order valence-electron chi connectivity index (χ3n) is 3.39. The van der Waals surface area contributed by atoms with Crippen molar-refractivity contribution in [3.63, 3.8) is 0 Å². The van der Waals surface area contributed by atoms with Gasteiger partial charge in [0, 0.05) is 11.1 Å². The quantitative estimate of drug-likeness (QED) is 0.439. The Labute approximate surface area is 135 Å². The van der Waals surface area contributed by atoms with Crippen molar-refractivity contribution in [3.05, 3.63) is 34.9 Å². The molecule has 1 radical (unpaired) electrons. The molecule has 1 rings (SSSR count). The molecule has 0 aromatic heterocycles. The topological polar surface area (TPSA) is 19.9 Å². The summed E-state index contributed by atoms with van der Waals surface area (Å²) in [5, 5.41) is 10.3. The number of alkyl halides is 10. The molecule has 0 aliphatic heterocycles. The molecule has 0 atom stereocenters. The lowest BCUT2D eigenvalue weighted by Gasteiger charge is -2.27. The summed E-state index contributed by atoms with van der Waals surface area (Å²) in [6.45, 7) is -0.789. The largest absolute Gasteiger partial charge is 0.458 e. The van der Waals surface area contributed by atoms with Gasteiger partial charge in [0.05, 0.1) is 6.61 Å². The molecule has 11 heteroatoms. The minimum atomic E-state index is -6.19. The lowest BCUT2D eigenvalue weighted by molar-refractivity contribution is -0.292. The summed E-state index contributed by atoms with van der Waals surface area (Å²) in [7, 11) is 0. The molecule has 0 heterocycles. The van der Waals surface area contributed by atoms with Crippen LogP contribution >= 0.6 is 0 Å². The molecule has 0 aliphatic carbocycles. The zero-order valence-electron chi connectivity index (χ0n) is 12.2. The summed E-state index contributed by atoms with van der Waals surface area (Å²) in [5.74, 6) is -11.3. The minimum absolute atomic E-state index is 0.149. The predicted octanol–water partition coefficient (Wildman–Crippen LogP) is 5.75. The highest BCUT2D eigenvalue weighted by molar-refractivity contribution is 5.42. The molecule has 0 bridgehead atoms. The van der Waals surface area contributed by atoms with E-state index in [1.165, 1.54) is 0 Å². The molecule has 0 fully saturated rings. The molecule has 0 saturated heterocycles. The molecule has 0 amide bonds. The first kappa shape index (κ1) is 21.5. The fraction of sp³-hybridized carbons (Fsp3) is 0.571. The molecule has 1 nitrogen and oxygen atoms in total. The van der Waals surface area contributed by atoms with Crippen molar-refractivity contribution in [2.45, 2.75) is 43.5 Å². The van der Waals surface area contributed by atoms with E-state index < -0.39 is 60.3 Å². The van der Waals surface area contributed by atoms with E-state index in [1.54, 1.807) is 0 Å². The van der Waals surface area contributed by atoms with E-state index in [9.17, 15) is 49.0 Å². The van der Waals surface area contributed by atoms with Crippen LogP contribution in [0.15, 0.2) is 18.2 Å². The van der Waals surface area contributed by atoms with Crippen LogP contribution in [-0.4, -0.2) is 19.0 Å². The van der Waals surface area contributed by atoms with E-state index in [2.05, 4.69) is 0 Å². The lowest BCUT2D eigenvalue weighted by atomic mass is 9.89. The van der Waals surface area contributed by atoms with Crippen molar-refractivity contribution >= 4 is 0 Å². The number of hydrogen-bond donors (Lipinski definition) is 0. The SMILES string of the molecule is [O]CCCCc1c(C(F)(F)C(F)(F)F)cccc1C(F)(F)C(F)(F)F. The highest BCUT2D eigenvalue weighted by Gasteiger charge is 2.63. The summed E-state index contributed by atoms with van der Waals surface area (Å²) < 4.78 is 130. The Bertz CT molecular complexity index is 544. The molecule has 0 spiro atoms. The molecule has 25 heavy (non-hydrogen) atoms. The van der Waals surface area contributed by atoms with Gasteiger partial charge in [-0.05, 0) is 24.8 Å². The first-order valence-electron chi connectivity index (χ1n) is 6.78. The average Bonchev–Trinajstić information content (AvgIpc) is 2.44. The fourth-order valence-corrected chi connectivity index (χ4v) is 2.15. The van der Waals surface area contributed by atoms with E-state index in [0.717, 1.165) is 0 Å². The first-order chi connectivity index (χ1) is 11.2. The van der Waals surface area contributed by atoms with E-state index in [1.807, 2.05) is 0 Å². The van der Waals surface area contributed by atoms with Crippen LogP contribution in [0.1, 0.15) is 29.5 Å². The molecule has 143 valence electrons. The van der Waals surface area contributed by atoms with Gasteiger partial charge in [-0.1, -0.05) is 18.2 Å². The zero-order chi connectivity index (χ0) is 19.7. The van der Waals surface area contributed by atoms with Gasteiger partial charge in [-0.3, -0.25) is 0 Å². The van der Waals surface area contributed by atoms with Crippen LogP contribution in [0, 0.1) is 0 Å². The van der Waals surface area contributed by atoms with Crippen molar-refractivity contribution in [2.24, 2.45) is 0 Å². The van der Waals surface area contributed by atoms with Crippen LogP contribution in [0.5, 0.6) is 0 Å². The van der Waals surface area contributed by atoms with E-state index in [4.69, 9.17) is 0 Å². The Morgan fingerprint density at radius 2 is 1.08 bits per heavy atom. The second-order valence-electron chi connectivity index (χ2n) is 5.14. The highest BCUT2D eigenvalue weighted by Crippen LogP contribution is 2.50. The van der Waals surface area contributed by atoms with Crippen molar-refractivity contribution in [2.75, 3.05) is 6.61 Å². The lowest BCUT2D eigenvalue weighted by Crippen LogP contribution is -2.38. The molecule has 1 aromatic carbocycles. The normalized spacial score (nSPS) is 14.0. The summed E-state index contributed by atoms with van der Waals surface area (Å²) in [4.78, 5) is 0. The Morgan fingerprint density at radius 3 is 1.40 bits per heavy atom. The number of rotatable bonds is 6. The van der Waals surface area contributed by atoms with Gasteiger partial charge in [0.25, 0.3) is 0 Å². The molecular weight excluding hydrogens is 374 g/mol. The van der Waals surface area contributed by atoms with Crippen LogP contribution < -0.4 is 0 Å². The summed E-state index contributed by atoms with van der Waals surface area (Å²) >= 11 is 0. The van der Waals surface area contributed by atoms with Gasteiger partial charge in [-0.25, -0.2) is 5.11 Å². The maximum Gasteiger partial charge on any atom is 0.458 e. The van der Waals surface area contributed by atoms with Gasteiger partial charge in [-0.15, -0.1) is 0 Å². The van der Waals surface area contributed by atoms with Crippen molar-refractivity contribution in [1.29, 1.82) is 0 Å². The third-order valence-corrected chi connectivity index (χ3v) is 3.39. The maximum atomic E-state index is 13.6. The molecule has 1 aromatic rings. The second kappa shape index (κ2) is 7.00. The first-order valence-corrected chi connectivity index (χ1v) is 6.78. The Morgan fingerprint density at radius 1 is 0.680 bits per heavy atom. The monoisotopic (exact) mass is 385 g/mol. The van der Waals surface area contributed by atoms with Crippen molar-refractivity contribution in [1.82, 2.24) is 0 Å². The molecular formula is C14H11F10O. The van der Waals surface area contributed by atoms with Gasteiger partial charge >= 0.3 is 24.2 Å². The van der Waals surface area contributed by atoms with Crippen LogP contribution in [0.4, 0.5) is 43.9 Å². The third kappa shape index (κ3) is 4.18. The number of halogens is 10. The molecule has 0 saturated carbocycles. The van der Waals surface area contributed by atoms with Gasteiger partial charge in [0.15, 0.2) is 0 Å². The van der Waals surface area contributed by atoms with Gasteiger partial charge in [0.1, 0.15) is 0 Å². The van der Waals surface area contributed by atoms with Crippen LogP contribution in [0.3, 0.4) is 0 Å². The van der Waals surface area contributed by atoms with E-state index in [-0.39, 0.29) is 24.6 Å². The summed E-state index contributed by atoms with van der Waals surface area (Å²) in [6, 6.07) is 0.576. The summed E-state index contributed by atoms with van der Waals surface area (Å²) in [5.41, 5.74) is -5.42. The zero-order valence-corrected chi connectivity index (χ0v) is 12.2. The number of hydrogen-bond acceptors (Lipinski definition) is 0. The van der Waals surface area contributed by atoms with Crippen LogP contribution in [-0.2, 0) is 23.4 Å². The standard InChI is InChI=1S/C14H11F10O/c15-11(16,13(19,20)21)9-5-3-6-10(8(9)4-1-2-7-25)12(17,18)14(22,23)24/h3,5-6H,1-2,4,7H2. The van der Waals surface area contributed by atoms with Gasteiger partial charge < -0.3 is 0 Å². The Kier molecular flexibility index (Phi) is 6.03. The van der Waals surface area contributed by atoms with Crippen LogP contribution in [0.25, 0.3) is 0 Å². The van der Waals surface area contributed by atoms with E-state index >= 15 is 0 Å². The predicted molar refractivity (Wildman–Crippen MR) is 64.8 cm³/mol. The van der Waals surface area contributed by atoms with E-state index in [0.29, 0.717) is 0 Å². The van der Waals surface area contributed by atoms with Gasteiger partial charge in [-0.2, -0.15) is 43.9 Å². The molecule has 0 unspecified atom stereocenters. The fourth-order valence-electron chi connectivity index (χ4n) is 2.15. The maximum absolute atomic E-state index is 13.6. The molecule has 0 aliphatic rings. The van der Waals surface area contributed by atoms with Crippen LogP contribution in [0.2, 0.25) is 0 Å². The molecule has 0 N–H and O–H groups in total. The average molecular weight is 385 g/mol. The minimum Gasteiger partial charge on any atom is -0.237 e. The number of unbranched alkanes of at least 4 members (excludes halogenated alkanes) is 1. The Hall–Kier alpha value is -1.52.